The first-order chi connectivity index (χ1) is 8.58. The minimum absolute atomic E-state index is 0.177. The molecule has 1 fully saturated rings. The van der Waals surface area contributed by atoms with Gasteiger partial charge in [0.1, 0.15) is 11.5 Å². The highest BCUT2D eigenvalue weighted by Crippen LogP contribution is 2.30. The van der Waals surface area contributed by atoms with E-state index in [2.05, 4.69) is 5.32 Å². The number of aryl methyl sites for hydroxylation is 1. The van der Waals surface area contributed by atoms with Gasteiger partial charge in [0.15, 0.2) is 0 Å². The van der Waals surface area contributed by atoms with E-state index < -0.39 is 10.7 Å². The summed E-state index contributed by atoms with van der Waals surface area (Å²) in [7, 11) is 0. The Balaban J connectivity index is 2.24. The predicted molar refractivity (Wildman–Crippen MR) is 68.3 cm³/mol. The zero-order valence-electron chi connectivity index (χ0n) is 10.4. The zero-order valence-corrected chi connectivity index (χ0v) is 10.4. The number of benzene rings is 1. The Hall–Kier alpha value is -1.65. The highest BCUT2D eigenvalue weighted by Gasteiger charge is 2.20. The molecule has 0 saturated heterocycles. The molecule has 1 aromatic rings. The van der Waals surface area contributed by atoms with Crippen LogP contribution in [0.15, 0.2) is 12.1 Å². The molecule has 0 atom stereocenters. The summed E-state index contributed by atoms with van der Waals surface area (Å²) in [6.45, 7) is 1.62. The third-order valence-electron chi connectivity index (χ3n) is 3.44. The highest BCUT2D eigenvalue weighted by molar-refractivity contribution is 5.63. The van der Waals surface area contributed by atoms with Gasteiger partial charge >= 0.3 is 0 Å². The first-order valence-corrected chi connectivity index (χ1v) is 6.29. The molecule has 0 aliphatic heterocycles. The first kappa shape index (κ1) is 12.8. The average molecular weight is 252 g/mol. The van der Waals surface area contributed by atoms with Crippen molar-refractivity contribution in [1.29, 1.82) is 0 Å². The molecule has 5 heteroatoms. The van der Waals surface area contributed by atoms with Gasteiger partial charge in [-0.05, 0) is 31.4 Å². The molecule has 0 aromatic heterocycles. The van der Waals surface area contributed by atoms with Crippen molar-refractivity contribution in [2.24, 2.45) is 0 Å². The Morgan fingerprint density at radius 2 is 2.00 bits per heavy atom. The average Bonchev–Trinajstić information content (AvgIpc) is 2.34. The minimum atomic E-state index is -0.534. The molecule has 0 spiro atoms. The number of nitro groups is 1. The van der Waals surface area contributed by atoms with Gasteiger partial charge < -0.3 is 5.32 Å². The van der Waals surface area contributed by atoms with Gasteiger partial charge in [-0.3, -0.25) is 10.1 Å². The summed E-state index contributed by atoms with van der Waals surface area (Å²) in [5, 5.41) is 14.1. The van der Waals surface area contributed by atoms with Crippen molar-refractivity contribution < 1.29 is 9.31 Å². The second-order valence-electron chi connectivity index (χ2n) is 4.85. The topological polar surface area (TPSA) is 55.2 Å². The molecule has 1 aliphatic carbocycles. The van der Waals surface area contributed by atoms with E-state index in [9.17, 15) is 14.5 Å². The van der Waals surface area contributed by atoms with Crippen LogP contribution in [0, 0.1) is 22.9 Å². The zero-order chi connectivity index (χ0) is 13.1. The molecule has 0 bridgehead atoms. The van der Waals surface area contributed by atoms with E-state index in [1.165, 1.54) is 12.5 Å². The normalized spacial score (nSPS) is 16.6. The molecule has 0 unspecified atom stereocenters. The van der Waals surface area contributed by atoms with E-state index >= 15 is 0 Å². The summed E-state index contributed by atoms with van der Waals surface area (Å²) in [5.41, 5.74) is 0.688. The van der Waals surface area contributed by atoms with Crippen molar-refractivity contribution in [2.45, 2.75) is 45.1 Å². The third kappa shape index (κ3) is 2.78. The summed E-state index contributed by atoms with van der Waals surface area (Å²) < 4.78 is 13.4. The summed E-state index contributed by atoms with van der Waals surface area (Å²) in [6, 6.07) is 2.80. The molecule has 1 aromatic carbocycles. The molecular formula is C13H17FN2O2. The number of nitrogens with one attached hydrogen (secondary N) is 1. The number of halogens is 1. The molecule has 1 aliphatic rings. The van der Waals surface area contributed by atoms with Gasteiger partial charge in [-0.2, -0.15) is 0 Å². The third-order valence-corrected chi connectivity index (χ3v) is 3.44. The van der Waals surface area contributed by atoms with Crippen LogP contribution in [-0.2, 0) is 0 Å². The van der Waals surface area contributed by atoms with Crippen LogP contribution in [0.4, 0.5) is 15.8 Å². The maximum atomic E-state index is 13.4. The van der Waals surface area contributed by atoms with Gasteiger partial charge in [-0.15, -0.1) is 0 Å². The number of nitrogens with zero attached hydrogens (tertiary/aromatic N) is 1. The van der Waals surface area contributed by atoms with Crippen LogP contribution in [0.1, 0.15) is 37.7 Å². The van der Waals surface area contributed by atoms with Crippen LogP contribution < -0.4 is 5.32 Å². The van der Waals surface area contributed by atoms with Crippen molar-refractivity contribution in [3.05, 3.63) is 33.6 Å². The lowest BCUT2D eigenvalue weighted by Gasteiger charge is -2.23. The fourth-order valence-corrected chi connectivity index (χ4v) is 2.40. The number of anilines is 1. The predicted octanol–water partition coefficient (Wildman–Crippen LogP) is 3.79. The summed E-state index contributed by atoms with van der Waals surface area (Å²) in [4.78, 5) is 10.4. The molecular weight excluding hydrogens is 235 g/mol. The lowest BCUT2D eigenvalue weighted by Crippen LogP contribution is -2.22. The molecule has 0 amide bonds. The van der Waals surface area contributed by atoms with Gasteiger partial charge in [-0.25, -0.2) is 4.39 Å². The summed E-state index contributed by atoms with van der Waals surface area (Å²) >= 11 is 0. The largest absolute Gasteiger partial charge is 0.377 e. The van der Waals surface area contributed by atoms with E-state index in [1.54, 1.807) is 6.92 Å². The van der Waals surface area contributed by atoms with E-state index in [0.717, 1.165) is 31.7 Å². The van der Waals surface area contributed by atoms with E-state index in [1.807, 2.05) is 0 Å². The number of hydrogen-bond donors (Lipinski definition) is 1. The van der Waals surface area contributed by atoms with Crippen LogP contribution in [0.5, 0.6) is 0 Å². The lowest BCUT2D eigenvalue weighted by molar-refractivity contribution is -0.384. The van der Waals surface area contributed by atoms with Gasteiger partial charge in [0.2, 0.25) is 0 Å². The van der Waals surface area contributed by atoms with Crippen molar-refractivity contribution in [1.82, 2.24) is 0 Å². The van der Waals surface area contributed by atoms with E-state index in [0.29, 0.717) is 11.3 Å². The molecule has 0 heterocycles. The van der Waals surface area contributed by atoms with Crippen LogP contribution in [0.2, 0.25) is 0 Å². The van der Waals surface area contributed by atoms with Crippen molar-refractivity contribution in [3.8, 4) is 0 Å². The Labute approximate surface area is 105 Å². The monoisotopic (exact) mass is 252 g/mol. The number of rotatable bonds is 3. The molecule has 98 valence electrons. The summed E-state index contributed by atoms with van der Waals surface area (Å²) in [5.74, 6) is -0.532. The van der Waals surface area contributed by atoms with Gasteiger partial charge in [0, 0.05) is 6.04 Å². The summed E-state index contributed by atoms with van der Waals surface area (Å²) in [6.07, 6.45) is 5.56. The Bertz CT molecular complexity index is 457. The van der Waals surface area contributed by atoms with Crippen LogP contribution in [0.3, 0.4) is 0 Å². The second-order valence-corrected chi connectivity index (χ2v) is 4.85. The smallest absolute Gasteiger partial charge is 0.295 e. The maximum Gasteiger partial charge on any atom is 0.295 e. The van der Waals surface area contributed by atoms with Gasteiger partial charge in [0.25, 0.3) is 5.69 Å². The quantitative estimate of drug-likeness (QED) is 0.657. The van der Waals surface area contributed by atoms with E-state index in [-0.39, 0.29) is 11.7 Å². The molecule has 1 saturated carbocycles. The first-order valence-electron chi connectivity index (χ1n) is 6.29. The second kappa shape index (κ2) is 5.33. The van der Waals surface area contributed by atoms with Gasteiger partial charge in [-0.1, -0.05) is 19.3 Å². The lowest BCUT2D eigenvalue weighted by atomic mass is 9.95. The number of nitro benzene ring substituents is 1. The number of hydrogen-bond acceptors (Lipinski definition) is 3. The van der Waals surface area contributed by atoms with Crippen molar-refractivity contribution in [3.63, 3.8) is 0 Å². The molecule has 1 N–H and O–H groups in total. The SMILES string of the molecule is Cc1cc(NC2CCCCC2)c([N+](=O)[O-])cc1F. The molecule has 18 heavy (non-hydrogen) atoms. The molecule has 2 rings (SSSR count). The Kier molecular flexibility index (Phi) is 3.79. The maximum absolute atomic E-state index is 13.4. The van der Waals surface area contributed by atoms with Crippen molar-refractivity contribution in [2.75, 3.05) is 5.32 Å². The standard InChI is InChI=1S/C13H17FN2O2/c1-9-7-12(13(16(17)18)8-11(9)14)15-10-5-3-2-4-6-10/h7-8,10,15H,2-6H2,1H3. The Morgan fingerprint density at radius 3 is 2.61 bits per heavy atom. The molecule has 0 radical (unpaired) electrons. The van der Waals surface area contributed by atoms with Crippen LogP contribution in [0.25, 0.3) is 0 Å². The Morgan fingerprint density at radius 1 is 1.33 bits per heavy atom. The fourth-order valence-electron chi connectivity index (χ4n) is 2.40. The highest BCUT2D eigenvalue weighted by atomic mass is 19.1. The minimum Gasteiger partial charge on any atom is -0.377 e. The fraction of sp³-hybridized carbons (Fsp3) is 0.538. The molecule has 4 nitrogen and oxygen atoms in total. The van der Waals surface area contributed by atoms with E-state index in [4.69, 9.17) is 0 Å². The van der Waals surface area contributed by atoms with Gasteiger partial charge in [0.05, 0.1) is 11.0 Å². The van der Waals surface area contributed by atoms with Crippen LogP contribution >= 0.6 is 0 Å². The van der Waals surface area contributed by atoms with Crippen LogP contribution in [-0.4, -0.2) is 11.0 Å². The van der Waals surface area contributed by atoms with Crippen molar-refractivity contribution >= 4 is 11.4 Å².